The van der Waals surface area contributed by atoms with Gasteiger partial charge in [0.25, 0.3) is 0 Å². The van der Waals surface area contributed by atoms with Gasteiger partial charge in [-0.2, -0.15) is 0 Å². The van der Waals surface area contributed by atoms with Crippen molar-refractivity contribution in [2.75, 3.05) is 0 Å². The molecule has 0 fully saturated rings. The predicted molar refractivity (Wildman–Crippen MR) is 83.1 cm³/mol. The molecule has 0 aliphatic rings. The SMILES string of the molecule is Cc1cc(C)c(C(Sc2cccs2)=S=O)c(C)c1. The summed E-state index contributed by atoms with van der Waals surface area (Å²) in [6.07, 6.45) is 0. The summed E-state index contributed by atoms with van der Waals surface area (Å²) in [5, 5.41) is 2.03. The number of thiophene rings is 1. The van der Waals surface area contributed by atoms with Crippen LogP contribution in [0.4, 0.5) is 0 Å². The molecule has 2 aromatic rings. The fraction of sp³-hybridized carbons (Fsp3) is 0.214. The Morgan fingerprint density at radius 3 is 2.33 bits per heavy atom. The second-order valence-electron chi connectivity index (χ2n) is 4.18. The predicted octanol–water partition coefficient (Wildman–Crippen LogP) is 4.16. The first kappa shape index (κ1) is 13.6. The van der Waals surface area contributed by atoms with Crippen LogP contribution in [0.5, 0.6) is 0 Å². The van der Waals surface area contributed by atoms with Gasteiger partial charge in [-0.15, -0.1) is 11.3 Å². The molecule has 0 radical (unpaired) electrons. The molecular weight excluding hydrogens is 280 g/mol. The molecule has 0 saturated carbocycles. The van der Waals surface area contributed by atoms with E-state index in [2.05, 4.69) is 32.9 Å². The van der Waals surface area contributed by atoms with Crippen LogP contribution in [0.2, 0.25) is 0 Å². The molecule has 0 aliphatic carbocycles. The van der Waals surface area contributed by atoms with Crippen molar-refractivity contribution in [2.45, 2.75) is 25.0 Å². The summed E-state index contributed by atoms with van der Waals surface area (Å²) < 4.78 is 13.4. The Labute approximate surface area is 119 Å². The van der Waals surface area contributed by atoms with Crippen molar-refractivity contribution in [2.24, 2.45) is 0 Å². The molecule has 0 aliphatic heterocycles. The zero-order valence-electron chi connectivity index (χ0n) is 10.5. The maximum absolute atomic E-state index is 11.4. The molecule has 0 saturated heterocycles. The van der Waals surface area contributed by atoms with Gasteiger partial charge >= 0.3 is 0 Å². The van der Waals surface area contributed by atoms with Crippen LogP contribution < -0.4 is 0 Å². The Morgan fingerprint density at radius 1 is 1.17 bits per heavy atom. The number of hydrogen-bond donors (Lipinski definition) is 0. The summed E-state index contributed by atoms with van der Waals surface area (Å²) in [4.78, 5) is 0. The first-order chi connectivity index (χ1) is 8.61. The van der Waals surface area contributed by atoms with Crippen molar-refractivity contribution in [3.8, 4) is 0 Å². The molecule has 1 heterocycles. The molecule has 1 aromatic carbocycles. The number of aryl methyl sites for hydroxylation is 3. The Balaban J connectivity index is 2.43. The van der Waals surface area contributed by atoms with Crippen LogP contribution in [0, 0.1) is 20.8 Å². The van der Waals surface area contributed by atoms with Gasteiger partial charge in [0.2, 0.25) is 0 Å². The van der Waals surface area contributed by atoms with Gasteiger partial charge in [-0.05, 0) is 43.3 Å². The topological polar surface area (TPSA) is 17.1 Å². The lowest BCUT2D eigenvalue weighted by molar-refractivity contribution is 0.701. The van der Waals surface area contributed by atoms with E-state index in [1.807, 2.05) is 17.5 Å². The summed E-state index contributed by atoms with van der Waals surface area (Å²) in [6.45, 7) is 6.22. The number of hydrogen-bond acceptors (Lipinski definition) is 3. The van der Waals surface area contributed by atoms with Crippen molar-refractivity contribution < 1.29 is 4.21 Å². The fourth-order valence-corrected chi connectivity index (χ4v) is 4.80. The van der Waals surface area contributed by atoms with Crippen molar-refractivity contribution in [3.63, 3.8) is 0 Å². The maximum atomic E-state index is 11.4. The Kier molecular flexibility index (Phi) is 4.43. The van der Waals surface area contributed by atoms with Gasteiger partial charge in [0.15, 0.2) is 0 Å². The van der Waals surface area contributed by atoms with Crippen LogP contribution in [-0.2, 0) is 11.3 Å². The molecule has 2 rings (SSSR count). The smallest absolute Gasteiger partial charge is 0.114 e. The average Bonchev–Trinajstić information content (AvgIpc) is 2.79. The summed E-state index contributed by atoms with van der Waals surface area (Å²) in [5.74, 6) is 0. The molecule has 4 heteroatoms. The molecule has 0 bridgehead atoms. The Morgan fingerprint density at radius 2 is 1.83 bits per heavy atom. The Bertz CT molecular complexity index is 585. The second kappa shape index (κ2) is 5.87. The van der Waals surface area contributed by atoms with Crippen LogP contribution in [0.15, 0.2) is 33.9 Å². The molecule has 18 heavy (non-hydrogen) atoms. The minimum Gasteiger partial charge on any atom is -0.211 e. The van der Waals surface area contributed by atoms with Gasteiger partial charge in [0.1, 0.15) is 15.5 Å². The largest absolute Gasteiger partial charge is 0.211 e. The third kappa shape index (κ3) is 2.94. The molecule has 0 amide bonds. The summed E-state index contributed by atoms with van der Waals surface area (Å²) >= 11 is 3.83. The summed E-state index contributed by atoms with van der Waals surface area (Å²) in [7, 11) is 0. The highest BCUT2D eigenvalue weighted by Crippen LogP contribution is 2.30. The maximum Gasteiger partial charge on any atom is 0.114 e. The average molecular weight is 294 g/mol. The summed E-state index contributed by atoms with van der Waals surface area (Å²) in [6, 6.07) is 8.32. The zero-order chi connectivity index (χ0) is 13.1. The van der Waals surface area contributed by atoms with Crippen molar-refractivity contribution in [1.82, 2.24) is 0 Å². The van der Waals surface area contributed by atoms with Crippen LogP contribution in [0.3, 0.4) is 0 Å². The van der Waals surface area contributed by atoms with Gasteiger partial charge in [-0.3, -0.25) is 0 Å². The highest BCUT2D eigenvalue weighted by molar-refractivity contribution is 8.22. The number of rotatable bonds is 2. The molecular formula is C14H14OS3. The minimum atomic E-state index is 0.592. The number of thioether (sulfide) groups is 1. The molecule has 0 N–H and O–H groups in total. The van der Waals surface area contributed by atoms with E-state index in [0.29, 0.717) is 11.3 Å². The lowest BCUT2D eigenvalue weighted by Gasteiger charge is -2.11. The lowest BCUT2D eigenvalue weighted by atomic mass is 10.0. The van der Waals surface area contributed by atoms with E-state index in [4.69, 9.17) is 0 Å². The molecule has 94 valence electrons. The molecule has 0 unspecified atom stereocenters. The second-order valence-corrected chi connectivity index (χ2v) is 7.27. The fourth-order valence-electron chi connectivity index (χ4n) is 2.02. The van der Waals surface area contributed by atoms with Crippen LogP contribution >= 0.6 is 23.1 Å². The first-order valence-corrected chi connectivity index (χ1v) is 8.02. The normalized spacial score (nSPS) is 10.4. The van der Waals surface area contributed by atoms with E-state index in [0.717, 1.165) is 14.0 Å². The van der Waals surface area contributed by atoms with E-state index in [1.54, 1.807) is 23.1 Å². The van der Waals surface area contributed by atoms with Crippen LogP contribution in [-0.4, -0.2) is 8.41 Å². The van der Waals surface area contributed by atoms with E-state index in [-0.39, 0.29) is 0 Å². The first-order valence-electron chi connectivity index (χ1n) is 5.58. The molecule has 0 atom stereocenters. The molecule has 1 nitrogen and oxygen atoms in total. The van der Waals surface area contributed by atoms with Gasteiger partial charge in [-0.1, -0.05) is 35.5 Å². The van der Waals surface area contributed by atoms with Crippen LogP contribution in [0.25, 0.3) is 0 Å². The van der Waals surface area contributed by atoms with Gasteiger partial charge < -0.3 is 0 Å². The molecule has 0 spiro atoms. The Hall–Kier alpha value is -0.840. The van der Waals surface area contributed by atoms with E-state index in [9.17, 15) is 4.21 Å². The zero-order valence-corrected chi connectivity index (χ0v) is 13.0. The van der Waals surface area contributed by atoms with E-state index >= 15 is 0 Å². The van der Waals surface area contributed by atoms with Crippen molar-refractivity contribution >= 4 is 38.6 Å². The highest BCUT2D eigenvalue weighted by Gasteiger charge is 2.12. The third-order valence-electron chi connectivity index (χ3n) is 2.65. The molecule has 1 aromatic heterocycles. The minimum absolute atomic E-state index is 0.592. The van der Waals surface area contributed by atoms with Gasteiger partial charge in [-0.25, -0.2) is 4.21 Å². The summed E-state index contributed by atoms with van der Waals surface area (Å²) in [5.41, 5.74) is 4.69. The monoisotopic (exact) mass is 294 g/mol. The van der Waals surface area contributed by atoms with Crippen molar-refractivity contribution in [1.29, 1.82) is 0 Å². The standard InChI is InChI=1S/C14H14OS3/c1-9-7-10(2)13(11(3)8-9)14(18-15)17-12-5-4-6-16-12/h4-8H,1-3H3. The van der Waals surface area contributed by atoms with E-state index < -0.39 is 0 Å². The third-order valence-corrected chi connectivity index (χ3v) is 5.38. The lowest BCUT2D eigenvalue weighted by Crippen LogP contribution is -2.02. The van der Waals surface area contributed by atoms with Crippen LogP contribution in [0.1, 0.15) is 22.3 Å². The van der Waals surface area contributed by atoms with Crippen molar-refractivity contribution in [3.05, 3.63) is 51.9 Å². The highest BCUT2D eigenvalue weighted by atomic mass is 32.2. The van der Waals surface area contributed by atoms with E-state index in [1.165, 1.54) is 16.7 Å². The van der Waals surface area contributed by atoms with Gasteiger partial charge in [0.05, 0.1) is 4.21 Å². The quantitative estimate of drug-likeness (QED) is 0.611. The number of benzene rings is 1. The van der Waals surface area contributed by atoms with Gasteiger partial charge in [0, 0.05) is 5.56 Å².